The van der Waals surface area contributed by atoms with E-state index in [2.05, 4.69) is 148 Å². The maximum atomic E-state index is 12.8. The van der Waals surface area contributed by atoms with Crippen molar-refractivity contribution >= 4 is 17.9 Å². The zero-order valence-corrected chi connectivity index (χ0v) is 41.3. The van der Waals surface area contributed by atoms with Gasteiger partial charge in [-0.1, -0.05) is 160 Å². The van der Waals surface area contributed by atoms with E-state index in [9.17, 15) is 19.5 Å². The molecule has 0 rings (SSSR count). The third kappa shape index (κ3) is 44.5. The van der Waals surface area contributed by atoms with Crippen LogP contribution < -0.4 is 5.11 Å². The molecule has 0 aliphatic heterocycles. The van der Waals surface area contributed by atoms with Crippen molar-refractivity contribution in [1.82, 2.24) is 0 Å². The van der Waals surface area contributed by atoms with Crippen LogP contribution in [0.15, 0.2) is 134 Å². The minimum Gasteiger partial charge on any atom is -0.544 e. The minimum atomic E-state index is -1.14. The number of carbonyl (C=O) groups is 3. The van der Waals surface area contributed by atoms with Gasteiger partial charge in [-0.3, -0.25) is 9.59 Å². The first-order valence-electron chi connectivity index (χ1n) is 24.7. The largest absolute Gasteiger partial charge is 0.544 e. The molecule has 0 aliphatic carbocycles. The number of hydrogen-bond acceptors (Lipinski definition) is 7. The number of ether oxygens (including phenoxy) is 3. The summed E-state index contributed by atoms with van der Waals surface area (Å²) in [4.78, 5) is 37.0. The van der Waals surface area contributed by atoms with Gasteiger partial charge in [0.25, 0.3) is 0 Å². The van der Waals surface area contributed by atoms with E-state index in [1.54, 1.807) is 21.1 Å². The summed E-state index contributed by atoms with van der Waals surface area (Å²) in [5.74, 6) is -1.85. The predicted molar refractivity (Wildman–Crippen MR) is 272 cm³/mol. The molecule has 0 radical (unpaired) electrons. The molecular formula is C57H89NO7. The molecule has 0 aromatic heterocycles. The van der Waals surface area contributed by atoms with Crippen molar-refractivity contribution in [2.75, 3.05) is 41.0 Å². The second kappa shape index (κ2) is 46.0. The van der Waals surface area contributed by atoms with Gasteiger partial charge in [-0.15, -0.1) is 0 Å². The normalized spacial score (nSPS) is 14.0. The first-order chi connectivity index (χ1) is 31.6. The first-order valence-corrected chi connectivity index (χ1v) is 24.7. The number of carboxylic acids is 1. The summed E-state index contributed by atoms with van der Waals surface area (Å²) in [6.45, 7) is 4.33. The number of hydrogen-bond donors (Lipinski definition) is 0. The predicted octanol–water partition coefficient (Wildman–Crippen LogP) is 13.0. The van der Waals surface area contributed by atoms with Crippen molar-refractivity contribution in [2.45, 2.75) is 167 Å². The molecule has 0 saturated carbocycles. The fourth-order valence-corrected chi connectivity index (χ4v) is 6.27. The second-order valence-corrected chi connectivity index (χ2v) is 16.9. The van der Waals surface area contributed by atoms with Crippen molar-refractivity contribution in [3.63, 3.8) is 0 Å². The molecule has 2 unspecified atom stereocenters. The maximum Gasteiger partial charge on any atom is 0.306 e. The molecular weight excluding hydrogens is 811 g/mol. The van der Waals surface area contributed by atoms with E-state index in [1.165, 1.54) is 0 Å². The molecule has 0 saturated heterocycles. The van der Waals surface area contributed by atoms with Crippen molar-refractivity contribution in [1.29, 1.82) is 0 Å². The molecule has 8 heteroatoms. The lowest BCUT2D eigenvalue weighted by atomic mass is 10.1. The number of unbranched alkanes of at least 4 members (excludes halogenated alkanes) is 6. The summed E-state index contributed by atoms with van der Waals surface area (Å²) in [6.07, 6.45) is 66.2. The molecule has 8 nitrogen and oxygen atoms in total. The third-order valence-corrected chi connectivity index (χ3v) is 10.0. The molecule has 0 aromatic rings. The average molecular weight is 900 g/mol. The topological polar surface area (TPSA) is 102 Å². The van der Waals surface area contributed by atoms with Gasteiger partial charge in [0.05, 0.1) is 40.3 Å². The minimum absolute atomic E-state index is 0.00424. The van der Waals surface area contributed by atoms with Gasteiger partial charge in [0.2, 0.25) is 0 Å². The SMILES string of the molecule is CC/C=C/C/C=C/C/C=C/C/C=C/C/C=C/C/C=C/CCCCC(=O)OC(COCCC(C(=O)[O-])[N+](C)(C)C)COC(=O)CCCCCC/C=C/C/C=C/C/C=C/C/C=C/C/C=C/CC. The van der Waals surface area contributed by atoms with Crippen molar-refractivity contribution in [3.05, 3.63) is 134 Å². The van der Waals surface area contributed by atoms with Gasteiger partial charge >= 0.3 is 11.9 Å². The highest BCUT2D eigenvalue weighted by Crippen LogP contribution is 2.11. The van der Waals surface area contributed by atoms with E-state index in [4.69, 9.17) is 14.2 Å². The van der Waals surface area contributed by atoms with Crippen LogP contribution in [0.3, 0.4) is 0 Å². The van der Waals surface area contributed by atoms with Gasteiger partial charge in [0, 0.05) is 19.3 Å². The lowest BCUT2D eigenvalue weighted by Gasteiger charge is -2.34. The van der Waals surface area contributed by atoms with Crippen molar-refractivity contribution in [2.24, 2.45) is 0 Å². The van der Waals surface area contributed by atoms with Gasteiger partial charge in [-0.05, 0) is 109 Å². The smallest absolute Gasteiger partial charge is 0.306 e. The molecule has 0 bridgehead atoms. The molecule has 0 fully saturated rings. The number of carbonyl (C=O) groups excluding carboxylic acids is 3. The van der Waals surface area contributed by atoms with Crippen LogP contribution in [0.5, 0.6) is 0 Å². The first kappa shape index (κ1) is 60.5. The highest BCUT2D eigenvalue weighted by molar-refractivity contribution is 5.70. The van der Waals surface area contributed by atoms with Crippen LogP contribution in [0.2, 0.25) is 0 Å². The van der Waals surface area contributed by atoms with E-state index in [-0.39, 0.29) is 49.1 Å². The Labute approximate surface area is 396 Å². The van der Waals surface area contributed by atoms with Gasteiger partial charge in [0.1, 0.15) is 12.6 Å². The van der Waals surface area contributed by atoms with E-state index in [0.29, 0.717) is 12.8 Å². The highest BCUT2D eigenvalue weighted by Gasteiger charge is 2.25. The summed E-state index contributed by atoms with van der Waals surface area (Å²) in [6, 6.07) is -0.748. The lowest BCUT2D eigenvalue weighted by molar-refractivity contribution is -0.889. The van der Waals surface area contributed by atoms with Gasteiger partial charge < -0.3 is 28.6 Å². The number of likely N-dealkylation sites (N-methyl/N-ethyl adjacent to an activating group) is 1. The van der Waals surface area contributed by atoms with Crippen LogP contribution in [0.1, 0.15) is 155 Å². The van der Waals surface area contributed by atoms with Crippen molar-refractivity contribution < 1.29 is 38.2 Å². The van der Waals surface area contributed by atoms with Crippen LogP contribution >= 0.6 is 0 Å². The fraction of sp³-hybridized carbons (Fsp3) is 0.561. The number of allylic oxidation sites excluding steroid dienone is 22. The fourth-order valence-electron chi connectivity index (χ4n) is 6.27. The molecule has 65 heavy (non-hydrogen) atoms. The van der Waals surface area contributed by atoms with Gasteiger partial charge in [-0.25, -0.2) is 0 Å². The second-order valence-electron chi connectivity index (χ2n) is 16.9. The quantitative estimate of drug-likeness (QED) is 0.0260. The summed E-state index contributed by atoms with van der Waals surface area (Å²) < 4.78 is 17.1. The van der Waals surface area contributed by atoms with Crippen LogP contribution in [0.25, 0.3) is 0 Å². The maximum absolute atomic E-state index is 12.8. The van der Waals surface area contributed by atoms with Crippen LogP contribution in [0.4, 0.5) is 0 Å². The van der Waals surface area contributed by atoms with E-state index >= 15 is 0 Å². The molecule has 364 valence electrons. The third-order valence-electron chi connectivity index (χ3n) is 10.0. The van der Waals surface area contributed by atoms with E-state index < -0.39 is 18.1 Å². The molecule has 0 heterocycles. The molecule has 0 N–H and O–H groups in total. The lowest BCUT2D eigenvalue weighted by Crippen LogP contribution is -2.55. The molecule has 0 aliphatic rings. The molecule has 0 amide bonds. The molecule has 0 spiro atoms. The number of aliphatic carboxylic acids is 1. The summed E-state index contributed by atoms with van der Waals surface area (Å²) in [5.41, 5.74) is 0. The number of carboxylic acid groups (broad SMARTS) is 1. The average Bonchev–Trinajstić information content (AvgIpc) is 3.27. The Balaban J connectivity index is 4.45. The number of esters is 2. The summed E-state index contributed by atoms with van der Waals surface area (Å²) in [5, 5.41) is 11.7. The Morgan fingerprint density at radius 3 is 1.22 bits per heavy atom. The Morgan fingerprint density at radius 1 is 0.462 bits per heavy atom. The Morgan fingerprint density at radius 2 is 0.815 bits per heavy atom. The van der Waals surface area contributed by atoms with E-state index in [0.717, 1.165) is 116 Å². The standard InChI is InChI=1S/C57H89NO7/c1-6-8-10-12-14-16-18-20-22-24-26-28-30-32-34-36-38-40-42-44-46-48-56(60)65-53(51-63-50-49-54(57(61)62)58(3,4)5)52-64-55(59)47-45-43-41-39-37-35-33-31-29-27-25-23-21-19-17-15-13-11-9-7-2/h8-11,14-17,20-23,26-29,32-35,38,40,53-54H,6-7,12-13,18-19,24-25,30-31,36-37,39,41-52H2,1-5H3/b10-8+,11-9+,16-14+,17-15+,22-20+,23-21+,28-26+,29-27+,34-32+,35-33+,40-38+. The van der Waals surface area contributed by atoms with Gasteiger partial charge in [0.15, 0.2) is 6.10 Å². The number of nitrogens with zero attached hydrogens (tertiary/aromatic N) is 1. The Kier molecular flexibility index (Phi) is 42.8. The van der Waals surface area contributed by atoms with Gasteiger partial charge in [-0.2, -0.15) is 0 Å². The van der Waals surface area contributed by atoms with Crippen LogP contribution in [0, 0.1) is 0 Å². The Bertz CT molecular complexity index is 1520. The zero-order valence-electron chi connectivity index (χ0n) is 41.3. The van der Waals surface area contributed by atoms with E-state index in [1.807, 2.05) is 0 Å². The summed E-state index contributed by atoms with van der Waals surface area (Å²) >= 11 is 0. The monoisotopic (exact) mass is 900 g/mol. The van der Waals surface area contributed by atoms with Crippen LogP contribution in [-0.2, 0) is 28.6 Å². The zero-order chi connectivity index (χ0) is 47.7. The number of rotatable bonds is 42. The molecule has 0 aromatic carbocycles. The summed E-state index contributed by atoms with van der Waals surface area (Å²) in [7, 11) is 5.37. The van der Waals surface area contributed by atoms with Crippen molar-refractivity contribution in [3.8, 4) is 0 Å². The Hall–Kier alpha value is -4.53. The molecule has 2 atom stereocenters. The van der Waals surface area contributed by atoms with Crippen LogP contribution in [-0.4, -0.2) is 75.5 Å². The highest BCUT2D eigenvalue weighted by atomic mass is 16.6. The number of quaternary nitrogens is 1.